The van der Waals surface area contributed by atoms with Gasteiger partial charge >= 0.3 is 5.97 Å². The quantitative estimate of drug-likeness (QED) is 0.781. The molecule has 0 saturated carbocycles. The third kappa shape index (κ3) is 2.90. The number of hydrogen-bond donors (Lipinski definition) is 2. The van der Waals surface area contributed by atoms with Crippen molar-refractivity contribution in [2.75, 3.05) is 12.4 Å². The van der Waals surface area contributed by atoms with Gasteiger partial charge in [0.25, 0.3) is 0 Å². The first-order chi connectivity index (χ1) is 6.65. The maximum absolute atomic E-state index is 10.6. The molecule has 5 heteroatoms. The minimum atomic E-state index is -0.995. The highest BCUT2D eigenvalue weighted by Crippen LogP contribution is 2.27. The Labute approximate surface area is 90.7 Å². The zero-order valence-corrected chi connectivity index (χ0v) is 8.81. The first kappa shape index (κ1) is 11.4. The lowest BCUT2D eigenvalue weighted by atomic mass is 10.2. The molecule has 76 valence electrons. The van der Waals surface area contributed by atoms with Gasteiger partial charge in [0, 0.05) is 10.6 Å². The van der Waals surface area contributed by atoms with Crippen molar-refractivity contribution in [3.63, 3.8) is 0 Å². The van der Waals surface area contributed by atoms with Gasteiger partial charge in [0.1, 0.15) is 0 Å². The van der Waals surface area contributed by atoms with E-state index < -0.39 is 5.97 Å². The van der Waals surface area contributed by atoms with E-state index in [0.29, 0.717) is 10.8 Å². The molecular formula is C9H9ClO3S. The number of carboxylic acid groups (broad SMARTS) is 1. The Bertz CT molecular complexity index is 341. The van der Waals surface area contributed by atoms with Crippen LogP contribution in [-0.2, 0) is 0 Å². The second-order valence-electron chi connectivity index (χ2n) is 2.52. The number of thioether (sulfide) groups is 1. The van der Waals surface area contributed by atoms with E-state index in [1.54, 1.807) is 6.07 Å². The summed E-state index contributed by atoms with van der Waals surface area (Å²) < 4.78 is 0. The van der Waals surface area contributed by atoms with E-state index in [0.717, 1.165) is 4.90 Å². The van der Waals surface area contributed by atoms with Gasteiger partial charge in [0.2, 0.25) is 0 Å². The molecule has 0 spiro atoms. The highest BCUT2D eigenvalue weighted by Gasteiger charge is 2.06. The zero-order chi connectivity index (χ0) is 10.6. The first-order valence-electron chi connectivity index (χ1n) is 3.91. The highest BCUT2D eigenvalue weighted by molar-refractivity contribution is 7.99. The predicted octanol–water partition coefficient (Wildman–Crippen LogP) is 2.12. The molecule has 0 radical (unpaired) electrons. The lowest BCUT2D eigenvalue weighted by molar-refractivity contribution is 0.0697. The summed E-state index contributed by atoms with van der Waals surface area (Å²) in [5, 5.41) is 17.7. The summed E-state index contributed by atoms with van der Waals surface area (Å²) in [7, 11) is 0. The number of benzene rings is 1. The number of carboxylic acids is 1. The SMILES string of the molecule is O=C(O)c1ccc(SCCO)c(Cl)c1. The van der Waals surface area contributed by atoms with Crippen LogP contribution in [0.4, 0.5) is 0 Å². The minimum Gasteiger partial charge on any atom is -0.478 e. The van der Waals surface area contributed by atoms with Crippen LogP contribution in [0, 0.1) is 0 Å². The monoisotopic (exact) mass is 232 g/mol. The molecule has 0 aliphatic heterocycles. The number of rotatable bonds is 4. The van der Waals surface area contributed by atoms with E-state index in [-0.39, 0.29) is 12.2 Å². The molecule has 0 fully saturated rings. The van der Waals surface area contributed by atoms with Gasteiger partial charge in [-0.3, -0.25) is 0 Å². The number of aliphatic hydroxyl groups excluding tert-OH is 1. The molecule has 0 atom stereocenters. The summed E-state index contributed by atoms with van der Waals surface area (Å²) in [4.78, 5) is 11.4. The van der Waals surface area contributed by atoms with E-state index in [4.69, 9.17) is 21.8 Å². The maximum atomic E-state index is 10.6. The normalized spacial score (nSPS) is 10.1. The molecule has 14 heavy (non-hydrogen) atoms. The molecule has 0 amide bonds. The van der Waals surface area contributed by atoms with Crippen molar-refractivity contribution in [3.05, 3.63) is 28.8 Å². The fourth-order valence-corrected chi connectivity index (χ4v) is 1.92. The van der Waals surface area contributed by atoms with Gasteiger partial charge in [-0.25, -0.2) is 4.79 Å². The van der Waals surface area contributed by atoms with Crippen molar-refractivity contribution in [3.8, 4) is 0 Å². The molecule has 1 aromatic rings. The average molecular weight is 233 g/mol. The molecule has 0 aliphatic rings. The highest BCUT2D eigenvalue weighted by atomic mass is 35.5. The van der Waals surface area contributed by atoms with Crippen LogP contribution in [0.3, 0.4) is 0 Å². The second kappa shape index (κ2) is 5.24. The van der Waals surface area contributed by atoms with Crippen LogP contribution < -0.4 is 0 Å². The lowest BCUT2D eigenvalue weighted by Gasteiger charge is -2.03. The van der Waals surface area contributed by atoms with Gasteiger partial charge < -0.3 is 10.2 Å². The maximum Gasteiger partial charge on any atom is 0.335 e. The van der Waals surface area contributed by atoms with Crippen LogP contribution in [0.25, 0.3) is 0 Å². The molecule has 0 aliphatic carbocycles. The average Bonchev–Trinajstić information content (AvgIpc) is 2.15. The number of hydrogen-bond acceptors (Lipinski definition) is 3. The van der Waals surface area contributed by atoms with E-state index in [1.807, 2.05) is 0 Å². The minimum absolute atomic E-state index is 0.0711. The summed E-state index contributed by atoms with van der Waals surface area (Å²) >= 11 is 7.24. The van der Waals surface area contributed by atoms with Crippen LogP contribution in [0.1, 0.15) is 10.4 Å². The van der Waals surface area contributed by atoms with Crippen LogP contribution in [0.15, 0.2) is 23.1 Å². The molecule has 0 bridgehead atoms. The summed E-state index contributed by atoms with van der Waals surface area (Å²) in [6, 6.07) is 4.55. The standard InChI is InChI=1S/C9H9ClO3S/c10-7-5-6(9(12)13)1-2-8(7)14-4-3-11/h1-2,5,11H,3-4H2,(H,12,13). The van der Waals surface area contributed by atoms with Gasteiger partial charge in [-0.05, 0) is 18.2 Å². The van der Waals surface area contributed by atoms with Crippen LogP contribution in [0.5, 0.6) is 0 Å². The van der Waals surface area contributed by atoms with E-state index in [1.165, 1.54) is 23.9 Å². The molecule has 0 saturated heterocycles. The van der Waals surface area contributed by atoms with Crippen LogP contribution in [0.2, 0.25) is 5.02 Å². The second-order valence-corrected chi connectivity index (χ2v) is 4.07. The van der Waals surface area contributed by atoms with Crippen molar-refractivity contribution < 1.29 is 15.0 Å². The molecule has 2 N–H and O–H groups in total. The summed E-state index contributed by atoms with van der Waals surface area (Å²) in [5.41, 5.74) is 0.170. The van der Waals surface area contributed by atoms with Gasteiger partial charge in [-0.1, -0.05) is 11.6 Å². The summed E-state index contributed by atoms with van der Waals surface area (Å²) in [5.74, 6) is -0.447. The smallest absolute Gasteiger partial charge is 0.335 e. The Morgan fingerprint density at radius 3 is 2.71 bits per heavy atom. The predicted molar refractivity (Wildman–Crippen MR) is 56.2 cm³/mol. The Hall–Kier alpha value is -0.710. The molecule has 0 aromatic heterocycles. The largest absolute Gasteiger partial charge is 0.478 e. The Morgan fingerprint density at radius 2 is 2.21 bits per heavy atom. The number of aromatic carboxylic acids is 1. The lowest BCUT2D eigenvalue weighted by Crippen LogP contribution is -1.96. The van der Waals surface area contributed by atoms with Crippen molar-refractivity contribution in [2.45, 2.75) is 4.90 Å². The Balaban J connectivity index is 2.84. The van der Waals surface area contributed by atoms with Gasteiger partial charge in [-0.2, -0.15) is 0 Å². The fraction of sp³-hybridized carbons (Fsp3) is 0.222. The van der Waals surface area contributed by atoms with Gasteiger partial charge in [0.15, 0.2) is 0 Å². The van der Waals surface area contributed by atoms with E-state index in [2.05, 4.69) is 0 Å². The van der Waals surface area contributed by atoms with E-state index in [9.17, 15) is 4.79 Å². The molecule has 3 nitrogen and oxygen atoms in total. The third-order valence-electron chi connectivity index (χ3n) is 1.53. The zero-order valence-electron chi connectivity index (χ0n) is 7.24. The summed E-state index contributed by atoms with van der Waals surface area (Å²) in [6.07, 6.45) is 0. The molecular weight excluding hydrogens is 224 g/mol. The van der Waals surface area contributed by atoms with Crippen molar-refractivity contribution in [1.82, 2.24) is 0 Å². The first-order valence-corrected chi connectivity index (χ1v) is 5.28. The fourth-order valence-electron chi connectivity index (χ4n) is 0.907. The molecule has 0 heterocycles. The van der Waals surface area contributed by atoms with Crippen LogP contribution >= 0.6 is 23.4 Å². The number of halogens is 1. The van der Waals surface area contributed by atoms with Crippen molar-refractivity contribution in [2.24, 2.45) is 0 Å². The Morgan fingerprint density at radius 1 is 1.50 bits per heavy atom. The Kier molecular flexibility index (Phi) is 4.25. The third-order valence-corrected chi connectivity index (χ3v) is 3.01. The van der Waals surface area contributed by atoms with Gasteiger partial charge in [0.05, 0.1) is 17.2 Å². The number of aliphatic hydroxyl groups is 1. The summed E-state index contributed by atoms with van der Waals surface area (Å²) in [6.45, 7) is 0.0711. The van der Waals surface area contributed by atoms with E-state index >= 15 is 0 Å². The van der Waals surface area contributed by atoms with Gasteiger partial charge in [-0.15, -0.1) is 11.8 Å². The topological polar surface area (TPSA) is 57.5 Å². The van der Waals surface area contributed by atoms with Crippen LogP contribution in [-0.4, -0.2) is 28.5 Å². The molecule has 1 aromatic carbocycles. The molecule has 0 unspecified atom stereocenters. The number of carbonyl (C=O) groups is 1. The van der Waals surface area contributed by atoms with Crippen molar-refractivity contribution in [1.29, 1.82) is 0 Å². The van der Waals surface area contributed by atoms with Crippen molar-refractivity contribution >= 4 is 29.3 Å². The molecule has 1 rings (SSSR count).